The first-order valence-electron chi connectivity index (χ1n) is 8.84. The van der Waals surface area contributed by atoms with Crippen LogP contribution in [0.4, 0.5) is 8.78 Å². The van der Waals surface area contributed by atoms with E-state index in [1.54, 1.807) is 13.8 Å². The van der Waals surface area contributed by atoms with Crippen molar-refractivity contribution in [2.75, 3.05) is 7.11 Å². The van der Waals surface area contributed by atoms with Crippen LogP contribution >= 0.6 is 0 Å². The molecule has 1 aliphatic rings. The fraction of sp³-hybridized carbons (Fsp3) is 0.526. The molecule has 1 heterocycles. The molecule has 1 fully saturated rings. The lowest BCUT2D eigenvalue weighted by molar-refractivity contribution is -0.146. The minimum atomic E-state index is -0.994. The normalized spacial score (nSPS) is 17.9. The van der Waals surface area contributed by atoms with Gasteiger partial charge in [-0.25, -0.2) is 13.6 Å². The molecular weight excluding hydrogens is 358 g/mol. The van der Waals surface area contributed by atoms with Gasteiger partial charge in [0.15, 0.2) is 11.6 Å². The predicted molar refractivity (Wildman–Crippen MR) is 93.3 cm³/mol. The van der Waals surface area contributed by atoms with Crippen LogP contribution in [0.3, 0.4) is 0 Å². The average Bonchev–Trinajstić information content (AvgIpc) is 2.95. The van der Waals surface area contributed by atoms with Gasteiger partial charge in [0.2, 0.25) is 11.8 Å². The maximum absolute atomic E-state index is 13.9. The SMILES string of the molecule is COC(=O)[C@@H](NC(=O)C[C@@H]1CCC(=O)N1Cc1cccc(F)c1F)C(C)C. The van der Waals surface area contributed by atoms with Gasteiger partial charge in [0.25, 0.3) is 0 Å². The van der Waals surface area contributed by atoms with Gasteiger partial charge in [-0.1, -0.05) is 26.0 Å². The van der Waals surface area contributed by atoms with Crippen molar-refractivity contribution in [1.82, 2.24) is 10.2 Å². The van der Waals surface area contributed by atoms with Crippen LogP contribution in [-0.4, -0.2) is 41.9 Å². The Hall–Kier alpha value is -2.51. The second-order valence-corrected chi connectivity index (χ2v) is 6.94. The number of ether oxygens (including phenoxy) is 1. The molecule has 1 saturated heterocycles. The van der Waals surface area contributed by atoms with E-state index in [0.717, 1.165) is 6.07 Å². The average molecular weight is 382 g/mol. The number of benzene rings is 1. The number of nitrogens with zero attached hydrogens (tertiary/aromatic N) is 1. The summed E-state index contributed by atoms with van der Waals surface area (Å²) in [6, 6.07) is 2.57. The Kier molecular flexibility index (Phi) is 6.87. The van der Waals surface area contributed by atoms with Crippen LogP contribution in [0.1, 0.15) is 38.7 Å². The second kappa shape index (κ2) is 8.92. The van der Waals surface area contributed by atoms with Gasteiger partial charge in [-0.2, -0.15) is 0 Å². The first kappa shape index (κ1) is 20.8. The van der Waals surface area contributed by atoms with E-state index in [2.05, 4.69) is 5.32 Å². The van der Waals surface area contributed by atoms with Crippen LogP contribution in [0.2, 0.25) is 0 Å². The van der Waals surface area contributed by atoms with Crippen molar-refractivity contribution < 1.29 is 27.9 Å². The Bertz CT molecular complexity index is 724. The summed E-state index contributed by atoms with van der Waals surface area (Å²) in [5.74, 6) is -3.30. The number of nitrogens with one attached hydrogen (secondary N) is 1. The molecule has 0 radical (unpaired) electrons. The van der Waals surface area contributed by atoms with Crippen LogP contribution in [0.25, 0.3) is 0 Å². The number of halogens is 2. The van der Waals surface area contributed by atoms with Crippen LogP contribution in [-0.2, 0) is 25.7 Å². The maximum Gasteiger partial charge on any atom is 0.328 e. The van der Waals surface area contributed by atoms with Crippen LogP contribution in [0.15, 0.2) is 18.2 Å². The van der Waals surface area contributed by atoms with E-state index < -0.39 is 35.6 Å². The Morgan fingerprint density at radius 3 is 2.67 bits per heavy atom. The summed E-state index contributed by atoms with van der Waals surface area (Å²) in [6.45, 7) is 3.45. The molecule has 1 aromatic carbocycles. The summed E-state index contributed by atoms with van der Waals surface area (Å²) >= 11 is 0. The molecule has 0 aromatic heterocycles. The van der Waals surface area contributed by atoms with E-state index in [4.69, 9.17) is 4.74 Å². The van der Waals surface area contributed by atoms with Crippen molar-refractivity contribution in [2.45, 2.75) is 51.7 Å². The van der Waals surface area contributed by atoms with Gasteiger partial charge in [0.05, 0.1) is 7.11 Å². The van der Waals surface area contributed by atoms with Gasteiger partial charge in [-0.05, 0) is 18.4 Å². The molecule has 0 aliphatic carbocycles. The highest BCUT2D eigenvalue weighted by Gasteiger charge is 2.34. The summed E-state index contributed by atoms with van der Waals surface area (Å²) in [6.07, 6.45) is 0.649. The third-order valence-electron chi connectivity index (χ3n) is 4.68. The van der Waals surface area contributed by atoms with Crippen molar-refractivity contribution in [3.05, 3.63) is 35.4 Å². The molecule has 2 atom stereocenters. The lowest BCUT2D eigenvalue weighted by atomic mass is 10.0. The zero-order chi connectivity index (χ0) is 20.1. The molecule has 0 unspecified atom stereocenters. The number of methoxy groups -OCH3 is 1. The highest BCUT2D eigenvalue weighted by atomic mass is 19.2. The Balaban J connectivity index is 2.06. The van der Waals surface area contributed by atoms with Crippen LogP contribution in [0.5, 0.6) is 0 Å². The van der Waals surface area contributed by atoms with Gasteiger partial charge in [-0.15, -0.1) is 0 Å². The number of likely N-dealkylation sites (tertiary alicyclic amines) is 1. The molecule has 0 spiro atoms. The van der Waals surface area contributed by atoms with Crippen LogP contribution < -0.4 is 5.32 Å². The molecule has 0 bridgehead atoms. The molecular formula is C19H24F2N2O4. The third kappa shape index (κ3) is 5.02. The largest absolute Gasteiger partial charge is 0.467 e. The lowest BCUT2D eigenvalue weighted by Crippen LogP contribution is -2.47. The van der Waals surface area contributed by atoms with Crippen molar-refractivity contribution >= 4 is 17.8 Å². The Labute approximate surface area is 156 Å². The van der Waals surface area contributed by atoms with Crippen molar-refractivity contribution in [3.8, 4) is 0 Å². The van der Waals surface area contributed by atoms with E-state index in [-0.39, 0.29) is 36.8 Å². The minimum absolute atomic E-state index is 0.0249. The van der Waals surface area contributed by atoms with E-state index >= 15 is 0 Å². The fourth-order valence-corrected chi connectivity index (χ4v) is 3.15. The first-order valence-corrected chi connectivity index (χ1v) is 8.84. The highest BCUT2D eigenvalue weighted by Crippen LogP contribution is 2.25. The van der Waals surface area contributed by atoms with E-state index in [1.165, 1.54) is 24.1 Å². The van der Waals surface area contributed by atoms with Crippen molar-refractivity contribution in [1.29, 1.82) is 0 Å². The molecule has 1 aliphatic heterocycles. The summed E-state index contributed by atoms with van der Waals surface area (Å²) in [7, 11) is 1.24. The molecule has 148 valence electrons. The minimum Gasteiger partial charge on any atom is -0.467 e. The van der Waals surface area contributed by atoms with E-state index in [9.17, 15) is 23.2 Å². The third-order valence-corrected chi connectivity index (χ3v) is 4.68. The quantitative estimate of drug-likeness (QED) is 0.734. The predicted octanol–water partition coefficient (Wildman–Crippen LogP) is 2.16. The fourth-order valence-electron chi connectivity index (χ4n) is 3.15. The highest BCUT2D eigenvalue weighted by molar-refractivity contribution is 5.86. The topological polar surface area (TPSA) is 75.7 Å². The zero-order valence-electron chi connectivity index (χ0n) is 15.6. The number of amides is 2. The van der Waals surface area contributed by atoms with Crippen molar-refractivity contribution in [2.24, 2.45) is 5.92 Å². The van der Waals surface area contributed by atoms with Gasteiger partial charge >= 0.3 is 5.97 Å². The summed E-state index contributed by atoms with van der Waals surface area (Å²) in [4.78, 5) is 37.7. The summed E-state index contributed by atoms with van der Waals surface area (Å²) < 4.78 is 32.0. The number of carbonyl (C=O) groups excluding carboxylic acids is 3. The van der Waals surface area contributed by atoms with Crippen LogP contribution in [0, 0.1) is 17.6 Å². The molecule has 1 N–H and O–H groups in total. The lowest BCUT2D eigenvalue weighted by Gasteiger charge is -2.26. The maximum atomic E-state index is 13.9. The van der Waals surface area contributed by atoms with Gasteiger partial charge < -0.3 is 15.0 Å². The van der Waals surface area contributed by atoms with Gasteiger partial charge in [-0.3, -0.25) is 9.59 Å². The van der Waals surface area contributed by atoms with Crippen molar-refractivity contribution in [3.63, 3.8) is 0 Å². The Morgan fingerprint density at radius 1 is 1.33 bits per heavy atom. The summed E-state index contributed by atoms with van der Waals surface area (Å²) in [5.41, 5.74) is 0.0604. The monoisotopic (exact) mass is 382 g/mol. The smallest absolute Gasteiger partial charge is 0.328 e. The molecule has 27 heavy (non-hydrogen) atoms. The molecule has 2 amide bonds. The number of carbonyl (C=O) groups is 3. The van der Waals surface area contributed by atoms with Gasteiger partial charge in [0.1, 0.15) is 6.04 Å². The van der Waals surface area contributed by atoms with E-state index in [0.29, 0.717) is 6.42 Å². The zero-order valence-corrected chi connectivity index (χ0v) is 15.6. The molecule has 1 aromatic rings. The second-order valence-electron chi connectivity index (χ2n) is 6.94. The molecule has 2 rings (SSSR count). The Morgan fingerprint density at radius 2 is 2.04 bits per heavy atom. The standard InChI is InChI=1S/C19H24F2N2O4/c1-11(2)18(19(26)27-3)22-15(24)9-13-7-8-16(25)23(13)10-12-5-4-6-14(20)17(12)21/h4-6,11,13,18H,7-10H2,1-3H3,(H,22,24)/t13-,18-/m0/s1. The molecule has 6 nitrogen and oxygen atoms in total. The number of esters is 1. The number of hydrogen-bond acceptors (Lipinski definition) is 4. The molecule has 8 heteroatoms. The van der Waals surface area contributed by atoms with E-state index in [1.807, 2.05) is 0 Å². The first-order chi connectivity index (χ1) is 12.7. The summed E-state index contributed by atoms with van der Waals surface area (Å²) in [5, 5.41) is 2.63. The van der Waals surface area contributed by atoms with Gasteiger partial charge in [0, 0.05) is 31.0 Å². The number of hydrogen-bond donors (Lipinski definition) is 1. The molecule has 0 saturated carbocycles. The number of rotatable bonds is 7.